The van der Waals surface area contributed by atoms with Gasteiger partial charge in [0.15, 0.2) is 0 Å². The molecule has 1 fully saturated rings. The van der Waals surface area contributed by atoms with E-state index in [0.717, 1.165) is 49.9 Å². The van der Waals surface area contributed by atoms with Crippen LogP contribution in [0.1, 0.15) is 110 Å². The molecule has 0 aromatic rings. The average Bonchev–Trinajstić information content (AvgIpc) is 2.72. The molecular formula is C26H51N2O+. The van der Waals surface area contributed by atoms with Gasteiger partial charge < -0.3 is 9.38 Å². The number of allylic oxidation sites excluding steroid dienone is 1. The molecule has 1 rings (SSSR count). The Kier molecular flexibility index (Phi) is 15.3. The van der Waals surface area contributed by atoms with Crippen molar-refractivity contribution in [2.75, 3.05) is 39.8 Å². The summed E-state index contributed by atoms with van der Waals surface area (Å²) in [5.41, 5.74) is 0. The van der Waals surface area contributed by atoms with Gasteiger partial charge in [0.05, 0.1) is 39.8 Å². The number of carbonyl (C=O) groups excluding carboxylic acids is 1. The molecule has 170 valence electrons. The van der Waals surface area contributed by atoms with Crippen LogP contribution in [0.5, 0.6) is 0 Å². The molecule has 0 atom stereocenters. The van der Waals surface area contributed by atoms with Gasteiger partial charge in [0.2, 0.25) is 5.91 Å². The van der Waals surface area contributed by atoms with Crippen molar-refractivity contribution in [1.29, 1.82) is 0 Å². The van der Waals surface area contributed by atoms with Crippen LogP contribution in [0.4, 0.5) is 0 Å². The lowest BCUT2D eigenvalue weighted by Gasteiger charge is -2.42. The maximum atomic E-state index is 12.5. The van der Waals surface area contributed by atoms with E-state index in [0.29, 0.717) is 5.91 Å². The molecule has 0 bridgehead atoms. The normalized spacial score (nSPS) is 16.1. The SMILES string of the molecule is C=CCCC[N+]1(C)CCN(C(=O)CCCCCCCCCCCCCCC)CC1. The third kappa shape index (κ3) is 13.2. The number of hydrogen-bond acceptors (Lipinski definition) is 1. The summed E-state index contributed by atoms with van der Waals surface area (Å²) in [5, 5.41) is 0. The number of piperazine rings is 1. The minimum absolute atomic E-state index is 0.394. The molecule has 1 heterocycles. The minimum atomic E-state index is 0.394. The highest BCUT2D eigenvalue weighted by molar-refractivity contribution is 5.76. The maximum Gasteiger partial charge on any atom is 0.222 e. The highest BCUT2D eigenvalue weighted by Crippen LogP contribution is 2.15. The fourth-order valence-electron chi connectivity index (χ4n) is 4.49. The molecule has 0 aromatic heterocycles. The van der Waals surface area contributed by atoms with Gasteiger partial charge in [-0.05, 0) is 19.3 Å². The summed E-state index contributed by atoms with van der Waals surface area (Å²) in [4.78, 5) is 14.6. The van der Waals surface area contributed by atoms with E-state index in [1.54, 1.807) is 0 Å². The smallest absolute Gasteiger partial charge is 0.222 e. The second-order valence-corrected chi connectivity index (χ2v) is 9.59. The van der Waals surface area contributed by atoms with E-state index < -0.39 is 0 Å². The van der Waals surface area contributed by atoms with Crippen molar-refractivity contribution >= 4 is 5.91 Å². The second kappa shape index (κ2) is 16.9. The summed E-state index contributed by atoms with van der Waals surface area (Å²) in [6, 6.07) is 0. The lowest BCUT2D eigenvalue weighted by atomic mass is 10.0. The molecule has 1 saturated heterocycles. The van der Waals surface area contributed by atoms with Gasteiger partial charge in [-0.1, -0.05) is 90.0 Å². The Morgan fingerprint density at radius 3 is 1.79 bits per heavy atom. The Morgan fingerprint density at radius 2 is 1.31 bits per heavy atom. The van der Waals surface area contributed by atoms with Crippen LogP contribution in [-0.4, -0.2) is 55.1 Å². The fourth-order valence-corrected chi connectivity index (χ4v) is 4.49. The van der Waals surface area contributed by atoms with Crippen LogP contribution in [0.15, 0.2) is 12.7 Å². The lowest BCUT2D eigenvalue weighted by Crippen LogP contribution is -2.58. The average molecular weight is 408 g/mol. The summed E-state index contributed by atoms with van der Waals surface area (Å²) in [6.45, 7) is 11.4. The molecule has 0 spiro atoms. The van der Waals surface area contributed by atoms with Crippen LogP contribution in [0, 0.1) is 0 Å². The quantitative estimate of drug-likeness (QED) is 0.140. The van der Waals surface area contributed by atoms with Gasteiger partial charge in [0.25, 0.3) is 0 Å². The fraction of sp³-hybridized carbons (Fsp3) is 0.885. The van der Waals surface area contributed by atoms with Crippen LogP contribution in [0.2, 0.25) is 0 Å². The predicted octanol–water partition coefficient (Wildman–Crippen LogP) is 6.72. The summed E-state index contributed by atoms with van der Waals surface area (Å²) in [6.07, 6.45) is 22.8. The molecule has 0 radical (unpaired) electrons. The first-order valence-corrected chi connectivity index (χ1v) is 12.8. The van der Waals surface area contributed by atoms with Gasteiger partial charge in [-0.25, -0.2) is 0 Å². The summed E-state index contributed by atoms with van der Waals surface area (Å²) < 4.78 is 1.12. The first kappa shape index (κ1) is 26.2. The van der Waals surface area contributed by atoms with Crippen LogP contribution < -0.4 is 0 Å². The third-order valence-corrected chi connectivity index (χ3v) is 6.77. The molecule has 0 aromatic carbocycles. The van der Waals surface area contributed by atoms with Crippen LogP contribution in [0.3, 0.4) is 0 Å². The highest BCUT2D eigenvalue weighted by atomic mass is 16.2. The molecular weight excluding hydrogens is 356 g/mol. The Hall–Kier alpha value is -0.830. The van der Waals surface area contributed by atoms with Crippen molar-refractivity contribution in [3.8, 4) is 0 Å². The zero-order valence-electron chi connectivity index (χ0n) is 19.9. The van der Waals surface area contributed by atoms with E-state index in [2.05, 4.69) is 25.5 Å². The Bertz CT molecular complexity index is 413. The number of likely N-dealkylation sites (N-methyl/N-ethyl adjacent to an activating group) is 1. The minimum Gasteiger partial charge on any atom is -0.331 e. The van der Waals surface area contributed by atoms with Gasteiger partial charge in [-0.15, -0.1) is 6.58 Å². The predicted molar refractivity (Wildman–Crippen MR) is 127 cm³/mol. The van der Waals surface area contributed by atoms with Crippen LogP contribution in [-0.2, 0) is 4.79 Å². The first-order valence-electron chi connectivity index (χ1n) is 12.8. The Labute approximate surface area is 182 Å². The summed E-state index contributed by atoms with van der Waals surface area (Å²) >= 11 is 0. The molecule has 0 unspecified atom stereocenters. The maximum absolute atomic E-state index is 12.5. The van der Waals surface area contributed by atoms with E-state index in [-0.39, 0.29) is 0 Å². The van der Waals surface area contributed by atoms with Crippen LogP contribution >= 0.6 is 0 Å². The Balaban J connectivity index is 1.93. The lowest BCUT2D eigenvalue weighted by molar-refractivity contribution is -0.913. The number of amides is 1. The topological polar surface area (TPSA) is 20.3 Å². The van der Waals surface area contributed by atoms with E-state index in [1.807, 2.05) is 6.08 Å². The van der Waals surface area contributed by atoms with E-state index >= 15 is 0 Å². The van der Waals surface area contributed by atoms with Gasteiger partial charge in [0, 0.05) is 6.42 Å². The number of hydrogen-bond donors (Lipinski definition) is 0. The molecule has 0 aliphatic carbocycles. The number of rotatable bonds is 18. The van der Waals surface area contributed by atoms with E-state index in [1.165, 1.54) is 90.0 Å². The van der Waals surface area contributed by atoms with Crippen molar-refractivity contribution in [1.82, 2.24) is 4.90 Å². The van der Waals surface area contributed by atoms with Crippen molar-refractivity contribution in [3.05, 3.63) is 12.7 Å². The summed E-state index contributed by atoms with van der Waals surface area (Å²) in [7, 11) is 2.34. The summed E-state index contributed by atoms with van der Waals surface area (Å²) in [5.74, 6) is 0.394. The van der Waals surface area contributed by atoms with Crippen molar-refractivity contribution < 1.29 is 9.28 Å². The van der Waals surface area contributed by atoms with Gasteiger partial charge in [-0.3, -0.25) is 4.79 Å². The van der Waals surface area contributed by atoms with Crippen molar-refractivity contribution in [2.24, 2.45) is 0 Å². The van der Waals surface area contributed by atoms with E-state index in [4.69, 9.17) is 0 Å². The number of quaternary nitrogens is 1. The van der Waals surface area contributed by atoms with Gasteiger partial charge in [-0.2, -0.15) is 0 Å². The molecule has 1 aliphatic heterocycles. The molecule has 3 nitrogen and oxygen atoms in total. The number of nitrogens with zero attached hydrogens (tertiary/aromatic N) is 2. The molecule has 1 amide bonds. The standard InChI is InChI=1S/C26H51N2O/c1-4-6-8-9-10-11-12-13-14-15-16-17-18-20-26(29)27-21-24-28(3,25-22-27)23-19-7-5-2/h5H,2,4,6-25H2,1,3H3/q+1. The van der Waals surface area contributed by atoms with E-state index in [9.17, 15) is 4.79 Å². The second-order valence-electron chi connectivity index (χ2n) is 9.59. The monoisotopic (exact) mass is 407 g/mol. The molecule has 1 aliphatic rings. The zero-order valence-corrected chi connectivity index (χ0v) is 19.9. The first-order chi connectivity index (χ1) is 14.1. The third-order valence-electron chi connectivity index (χ3n) is 6.77. The van der Waals surface area contributed by atoms with Gasteiger partial charge >= 0.3 is 0 Å². The zero-order chi connectivity index (χ0) is 21.2. The number of unbranched alkanes of at least 4 members (excludes halogenated alkanes) is 13. The molecule has 0 saturated carbocycles. The molecule has 3 heteroatoms. The largest absolute Gasteiger partial charge is 0.331 e. The van der Waals surface area contributed by atoms with Crippen LogP contribution in [0.25, 0.3) is 0 Å². The van der Waals surface area contributed by atoms with Gasteiger partial charge in [0.1, 0.15) is 0 Å². The molecule has 0 N–H and O–H groups in total. The van der Waals surface area contributed by atoms with Crippen molar-refractivity contribution in [3.63, 3.8) is 0 Å². The number of carbonyl (C=O) groups is 1. The highest BCUT2D eigenvalue weighted by Gasteiger charge is 2.29. The molecule has 29 heavy (non-hydrogen) atoms. The Morgan fingerprint density at radius 1 is 0.828 bits per heavy atom. The van der Waals surface area contributed by atoms with Crippen molar-refractivity contribution in [2.45, 2.75) is 110 Å².